The van der Waals surface area contributed by atoms with Gasteiger partial charge in [-0.1, -0.05) is 0 Å². The fourth-order valence-electron chi connectivity index (χ4n) is 4.64. The van der Waals surface area contributed by atoms with Gasteiger partial charge in [-0.3, -0.25) is 0 Å². The molecule has 0 aliphatic carbocycles. The standard InChI is InChI=1S/C25H26F2N4O2S2/c1-24(2,3)33-23(32)31-9-7-14(25(31,4)5)17-10-13-16(6-8-28-22(13)35-17)30-20-15(26)11-18-21(19(20)27)29-12-34-18/h6,8,10-12,14H,7,9H2,1-5H3,(H,28,30). The number of pyridine rings is 1. The summed E-state index contributed by atoms with van der Waals surface area (Å²) in [5.74, 6) is -1.32. The van der Waals surface area contributed by atoms with Crippen molar-refractivity contribution in [3.05, 3.63) is 46.4 Å². The summed E-state index contributed by atoms with van der Waals surface area (Å²) in [6, 6.07) is 5.01. The van der Waals surface area contributed by atoms with Gasteiger partial charge in [0.15, 0.2) is 11.6 Å². The molecular weight excluding hydrogens is 490 g/mol. The van der Waals surface area contributed by atoms with Crippen LogP contribution in [0.25, 0.3) is 20.4 Å². The van der Waals surface area contributed by atoms with Crippen LogP contribution in [0, 0.1) is 11.6 Å². The first-order chi connectivity index (χ1) is 16.5. The van der Waals surface area contributed by atoms with Crippen LogP contribution in [-0.4, -0.2) is 38.6 Å². The van der Waals surface area contributed by atoms with Crippen molar-refractivity contribution in [2.24, 2.45) is 0 Å². The first kappa shape index (κ1) is 23.9. The van der Waals surface area contributed by atoms with Gasteiger partial charge in [0.2, 0.25) is 0 Å². The molecule has 35 heavy (non-hydrogen) atoms. The van der Waals surface area contributed by atoms with Gasteiger partial charge in [0.05, 0.1) is 15.9 Å². The predicted molar refractivity (Wildman–Crippen MR) is 137 cm³/mol. The zero-order chi connectivity index (χ0) is 25.1. The molecule has 0 saturated carbocycles. The van der Waals surface area contributed by atoms with Gasteiger partial charge in [-0.05, 0) is 59.2 Å². The molecule has 184 valence electrons. The first-order valence-electron chi connectivity index (χ1n) is 11.3. The van der Waals surface area contributed by atoms with E-state index in [2.05, 4.69) is 15.3 Å². The summed E-state index contributed by atoms with van der Waals surface area (Å²) >= 11 is 2.72. The molecule has 1 amide bonds. The van der Waals surface area contributed by atoms with Crippen LogP contribution in [0.2, 0.25) is 0 Å². The van der Waals surface area contributed by atoms with E-state index in [-0.39, 0.29) is 23.2 Å². The van der Waals surface area contributed by atoms with Gasteiger partial charge >= 0.3 is 6.09 Å². The summed E-state index contributed by atoms with van der Waals surface area (Å²) in [6.45, 7) is 10.2. The van der Waals surface area contributed by atoms with Crippen molar-refractivity contribution in [3.8, 4) is 0 Å². The second-order valence-corrected chi connectivity index (χ2v) is 12.2. The van der Waals surface area contributed by atoms with E-state index in [1.165, 1.54) is 34.3 Å². The Morgan fingerprint density at radius 2 is 2.03 bits per heavy atom. The average Bonchev–Trinajstić information content (AvgIpc) is 3.46. The Balaban J connectivity index is 1.48. The third-order valence-corrected chi connectivity index (χ3v) is 8.31. The third kappa shape index (κ3) is 4.23. The number of amides is 1. The molecule has 1 aliphatic heterocycles. The lowest BCUT2D eigenvalue weighted by atomic mass is 9.87. The highest BCUT2D eigenvalue weighted by molar-refractivity contribution is 7.18. The number of hydrogen-bond donors (Lipinski definition) is 1. The van der Waals surface area contributed by atoms with Gasteiger partial charge in [0.25, 0.3) is 0 Å². The number of fused-ring (bicyclic) bond motifs is 2. The van der Waals surface area contributed by atoms with Gasteiger partial charge in [-0.15, -0.1) is 22.7 Å². The highest BCUT2D eigenvalue weighted by Gasteiger charge is 2.46. The number of thiazole rings is 1. The van der Waals surface area contributed by atoms with Crippen molar-refractivity contribution in [2.45, 2.75) is 58.1 Å². The predicted octanol–water partition coefficient (Wildman–Crippen LogP) is 7.43. The maximum Gasteiger partial charge on any atom is 0.410 e. The number of likely N-dealkylation sites (tertiary alicyclic amines) is 1. The van der Waals surface area contributed by atoms with Gasteiger partial charge in [0.1, 0.15) is 21.6 Å². The highest BCUT2D eigenvalue weighted by Crippen LogP contribution is 2.47. The van der Waals surface area contributed by atoms with Gasteiger partial charge < -0.3 is 15.0 Å². The van der Waals surface area contributed by atoms with Crippen LogP contribution in [-0.2, 0) is 4.74 Å². The third-order valence-electron chi connectivity index (χ3n) is 6.38. The largest absolute Gasteiger partial charge is 0.444 e. The Morgan fingerprint density at radius 3 is 2.77 bits per heavy atom. The number of thiophene rings is 1. The molecule has 0 bridgehead atoms. The second-order valence-electron chi connectivity index (χ2n) is 10.2. The van der Waals surface area contributed by atoms with E-state index < -0.39 is 22.8 Å². The Morgan fingerprint density at radius 1 is 1.26 bits per heavy atom. The summed E-state index contributed by atoms with van der Waals surface area (Å²) in [6.07, 6.45) is 2.08. The molecule has 1 unspecified atom stereocenters. The number of aromatic nitrogens is 2. The van der Waals surface area contributed by atoms with E-state index in [0.29, 0.717) is 16.9 Å². The highest BCUT2D eigenvalue weighted by atomic mass is 32.1. The number of hydrogen-bond acceptors (Lipinski definition) is 7. The zero-order valence-electron chi connectivity index (χ0n) is 20.1. The molecule has 1 aliphatic rings. The fraction of sp³-hybridized carbons (Fsp3) is 0.400. The number of nitrogens with zero attached hydrogens (tertiary/aromatic N) is 3. The molecule has 5 rings (SSSR count). The fourth-order valence-corrected chi connectivity index (χ4v) is 6.68. The lowest BCUT2D eigenvalue weighted by Gasteiger charge is -2.36. The minimum absolute atomic E-state index is 0.0712. The van der Waals surface area contributed by atoms with E-state index in [1.54, 1.807) is 17.2 Å². The van der Waals surface area contributed by atoms with Crippen LogP contribution in [0.5, 0.6) is 0 Å². The second kappa shape index (κ2) is 8.37. The number of carbonyl (C=O) groups excluding carboxylic acids is 1. The van der Waals surface area contributed by atoms with E-state index in [4.69, 9.17) is 4.74 Å². The Kier molecular flexibility index (Phi) is 5.71. The van der Waals surface area contributed by atoms with E-state index in [0.717, 1.165) is 21.5 Å². The van der Waals surface area contributed by atoms with Crippen LogP contribution < -0.4 is 5.32 Å². The molecule has 1 N–H and O–H groups in total. The first-order valence-corrected chi connectivity index (χ1v) is 13.0. The monoisotopic (exact) mass is 516 g/mol. The van der Waals surface area contributed by atoms with Gasteiger partial charge in [-0.25, -0.2) is 23.5 Å². The van der Waals surface area contributed by atoms with Crippen LogP contribution in [0.1, 0.15) is 51.8 Å². The summed E-state index contributed by atoms with van der Waals surface area (Å²) in [4.78, 5) is 24.9. The molecule has 0 spiro atoms. The molecule has 1 aromatic carbocycles. The molecule has 1 saturated heterocycles. The number of halogens is 2. The van der Waals surface area contributed by atoms with Crippen LogP contribution in [0.15, 0.2) is 29.9 Å². The normalized spacial score (nSPS) is 17.9. The van der Waals surface area contributed by atoms with Crippen molar-refractivity contribution < 1.29 is 18.3 Å². The topological polar surface area (TPSA) is 67.3 Å². The van der Waals surface area contributed by atoms with Crippen molar-refractivity contribution >= 4 is 60.6 Å². The molecule has 0 radical (unpaired) electrons. The molecular formula is C25H26F2N4O2S2. The lowest BCUT2D eigenvalue weighted by Crippen LogP contribution is -2.47. The summed E-state index contributed by atoms with van der Waals surface area (Å²) in [7, 11) is 0. The number of anilines is 2. The van der Waals surface area contributed by atoms with E-state index in [1.807, 2.05) is 40.7 Å². The summed E-state index contributed by atoms with van der Waals surface area (Å²) < 4.78 is 35.8. The number of nitrogens with one attached hydrogen (secondary N) is 1. The van der Waals surface area contributed by atoms with Crippen LogP contribution >= 0.6 is 22.7 Å². The van der Waals surface area contributed by atoms with Gasteiger partial charge in [-0.2, -0.15) is 0 Å². The van der Waals surface area contributed by atoms with Crippen LogP contribution in [0.4, 0.5) is 25.0 Å². The Labute approximate surface area is 209 Å². The van der Waals surface area contributed by atoms with Crippen LogP contribution in [0.3, 0.4) is 0 Å². The molecule has 10 heteroatoms. The number of benzene rings is 1. The average molecular weight is 517 g/mol. The summed E-state index contributed by atoms with van der Waals surface area (Å²) in [5, 5.41) is 3.71. The Hall–Kier alpha value is -2.85. The zero-order valence-corrected chi connectivity index (χ0v) is 21.7. The number of carbonyl (C=O) groups is 1. The maximum absolute atomic E-state index is 15.0. The quantitative estimate of drug-likeness (QED) is 0.307. The molecule has 6 nitrogen and oxygen atoms in total. The van der Waals surface area contributed by atoms with Crippen molar-refractivity contribution in [2.75, 3.05) is 11.9 Å². The van der Waals surface area contributed by atoms with E-state index in [9.17, 15) is 9.18 Å². The molecule has 4 heterocycles. The molecule has 1 fully saturated rings. The van der Waals surface area contributed by atoms with Crippen molar-refractivity contribution in [1.29, 1.82) is 0 Å². The lowest BCUT2D eigenvalue weighted by molar-refractivity contribution is 0.0119. The number of ether oxygens (including phenoxy) is 1. The Bertz CT molecular complexity index is 1440. The summed E-state index contributed by atoms with van der Waals surface area (Å²) in [5.41, 5.74) is 0.927. The SMILES string of the molecule is CC(C)(C)OC(=O)N1CCC(c2cc3c(Nc4c(F)cc5scnc5c4F)ccnc3s2)C1(C)C. The van der Waals surface area contributed by atoms with Gasteiger partial charge in [0, 0.05) is 34.5 Å². The smallest absolute Gasteiger partial charge is 0.410 e. The van der Waals surface area contributed by atoms with Crippen molar-refractivity contribution in [1.82, 2.24) is 14.9 Å². The molecule has 3 aromatic heterocycles. The minimum Gasteiger partial charge on any atom is -0.444 e. The molecule has 4 aromatic rings. The minimum atomic E-state index is -0.716. The van der Waals surface area contributed by atoms with Crippen molar-refractivity contribution in [3.63, 3.8) is 0 Å². The maximum atomic E-state index is 15.0. The van der Waals surface area contributed by atoms with E-state index >= 15 is 4.39 Å². The number of rotatable bonds is 3. The molecule has 1 atom stereocenters.